The molecule has 0 rings (SSSR count). The maximum Gasteiger partial charge on any atom is 0.0813 e. The first-order valence-electron chi connectivity index (χ1n) is 5.79. The second kappa shape index (κ2) is 9.13. The maximum atomic E-state index is 10.1. The van der Waals surface area contributed by atoms with Gasteiger partial charge in [0.2, 0.25) is 0 Å². The molecular formula is C11H24N2O. The molecule has 3 nitrogen and oxygen atoms in total. The number of hydrogen-bond acceptors (Lipinski definition) is 3. The summed E-state index contributed by atoms with van der Waals surface area (Å²) >= 11 is 0. The predicted octanol–water partition coefficient (Wildman–Crippen LogP) is 2.93. The minimum atomic E-state index is 0.462. The van der Waals surface area contributed by atoms with Crippen molar-refractivity contribution in [3.05, 3.63) is 4.91 Å². The average molecular weight is 200 g/mol. The summed E-state index contributed by atoms with van der Waals surface area (Å²) in [5.41, 5.74) is 5.60. The average Bonchev–Trinajstić information content (AvgIpc) is 2.19. The van der Waals surface area contributed by atoms with Gasteiger partial charge in [0.05, 0.1) is 6.54 Å². The minimum absolute atomic E-state index is 0.462. The molecule has 0 aliphatic carbocycles. The first-order chi connectivity index (χ1) is 6.79. The van der Waals surface area contributed by atoms with Crippen LogP contribution in [0.1, 0.15) is 46.0 Å². The molecule has 0 amide bonds. The molecule has 0 aliphatic heterocycles. The summed E-state index contributed by atoms with van der Waals surface area (Å²) in [6, 6.07) is 0. The number of hydrogen-bond donors (Lipinski definition) is 1. The van der Waals surface area contributed by atoms with Crippen molar-refractivity contribution in [1.29, 1.82) is 0 Å². The number of rotatable bonds is 9. The maximum absolute atomic E-state index is 10.1. The first-order valence-corrected chi connectivity index (χ1v) is 5.79. The molecule has 0 fully saturated rings. The number of nitrogens with two attached hydrogens (primary N) is 1. The van der Waals surface area contributed by atoms with Crippen LogP contribution in [-0.4, -0.2) is 13.1 Å². The fraction of sp³-hybridized carbons (Fsp3) is 1.00. The molecule has 3 heteroatoms. The van der Waals surface area contributed by atoms with Gasteiger partial charge in [-0.15, -0.1) is 0 Å². The molecule has 2 atom stereocenters. The van der Waals surface area contributed by atoms with Crippen molar-refractivity contribution in [2.24, 2.45) is 22.7 Å². The first kappa shape index (κ1) is 13.6. The van der Waals surface area contributed by atoms with Gasteiger partial charge in [-0.25, -0.2) is 0 Å². The molecule has 84 valence electrons. The van der Waals surface area contributed by atoms with E-state index in [-0.39, 0.29) is 0 Å². The zero-order chi connectivity index (χ0) is 10.8. The van der Waals surface area contributed by atoms with Gasteiger partial charge in [-0.1, -0.05) is 38.3 Å². The van der Waals surface area contributed by atoms with Crippen LogP contribution in [-0.2, 0) is 0 Å². The van der Waals surface area contributed by atoms with Crippen molar-refractivity contribution < 1.29 is 0 Å². The van der Waals surface area contributed by atoms with Crippen LogP contribution in [0.3, 0.4) is 0 Å². The van der Waals surface area contributed by atoms with E-state index in [2.05, 4.69) is 19.0 Å². The highest BCUT2D eigenvalue weighted by atomic mass is 16.3. The molecular weight excluding hydrogens is 176 g/mol. The van der Waals surface area contributed by atoms with E-state index in [4.69, 9.17) is 5.73 Å². The van der Waals surface area contributed by atoms with Crippen LogP contribution in [0.4, 0.5) is 0 Å². The highest BCUT2D eigenvalue weighted by molar-refractivity contribution is 4.70. The van der Waals surface area contributed by atoms with Crippen LogP contribution < -0.4 is 5.73 Å². The normalized spacial score (nSPS) is 15.1. The molecule has 0 aromatic heterocycles. The second-order valence-corrected chi connectivity index (χ2v) is 3.94. The van der Waals surface area contributed by atoms with Crippen LogP contribution in [0.2, 0.25) is 0 Å². The van der Waals surface area contributed by atoms with Crippen molar-refractivity contribution in [2.75, 3.05) is 13.1 Å². The Bertz CT molecular complexity index is 133. The summed E-state index contributed by atoms with van der Waals surface area (Å²) in [6.07, 6.45) is 5.60. The largest absolute Gasteiger partial charge is 0.330 e. The van der Waals surface area contributed by atoms with Gasteiger partial charge in [0.25, 0.3) is 0 Å². The van der Waals surface area contributed by atoms with Gasteiger partial charge in [0, 0.05) is 0 Å². The molecule has 0 saturated heterocycles. The van der Waals surface area contributed by atoms with Gasteiger partial charge >= 0.3 is 0 Å². The quantitative estimate of drug-likeness (QED) is 0.582. The highest BCUT2D eigenvalue weighted by Crippen LogP contribution is 2.26. The lowest BCUT2D eigenvalue weighted by atomic mass is 9.82. The van der Waals surface area contributed by atoms with E-state index in [0.717, 1.165) is 25.8 Å². The molecule has 0 aromatic rings. The standard InChI is InChI=1S/C11H24N2O/c1-3-5-11(6-8-12)10(4-2)7-9-13-14/h10-11H,3-9,12H2,1-2H3. The van der Waals surface area contributed by atoms with Crippen LogP contribution in [0, 0.1) is 16.7 Å². The minimum Gasteiger partial charge on any atom is -0.330 e. The lowest BCUT2D eigenvalue weighted by Gasteiger charge is -2.24. The van der Waals surface area contributed by atoms with Crippen LogP contribution in [0.15, 0.2) is 5.18 Å². The Morgan fingerprint density at radius 2 is 1.86 bits per heavy atom. The highest BCUT2D eigenvalue weighted by Gasteiger charge is 2.18. The Hall–Kier alpha value is -0.440. The van der Waals surface area contributed by atoms with Crippen molar-refractivity contribution in [3.8, 4) is 0 Å². The molecule has 0 spiro atoms. The second-order valence-electron chi connectivity index (χ2n) is 3.94. The van der Waals surface area contributed by atoms with E-state index in [1.165, 1.54) is 12.8 Å². The van der Waals surface area contributed by atoms with Gasteiger partial charge in [0.15, 0.2) is 0 Å². The molecule has 0 aliphatic rings. The fourth-order valence-corrected chi connectivity index (χ4v) is 2.19. The zero-order valence-corrected chi connectivity index (χ0v) is 9.54. The third kappa shape index (κ3) is 5.32. The fourth-order valence-electron chi connectivity index (χ4n) is 2.19. The van der Waals surface area contributed by atoms with Crippen molar-refractivity contribution in [2.45, 2.75) is 46.0 Å². The molecule has 2 N–H and O–H groups in total. The van der Waals surface area contributed by atoms with Gasteiger partial charge in [-0.2, -0.15) is 4.91 Å². The Kier molecular flexibility index (Phi) is 8.84. The third-order valence-electron chi connectivity index (χ3n) is 2.98. The molecule has 0 saturated carbocycles. The summed E-state index contributed by atoms with van der Waals surface area (Å²) in [4.78, 5) is 10.1. The smallest absolute Gasteiger partial charge is 0.0813 e. The topological polar surface area (TPSA) is 55.4 Å². The monoisotopic (exact) mass is 200 g/mol. The third-order valence-corrected chi connectivity index (χ3v) is 2.98. The Morgan fingerprint density at radius 1 is 1.14 bits per heavy atom. The molecule has 0 aromatic carbocycles. The summed E-state index contributed by atoms with van der Waals surface area (Å²) in [6.45, 7) is 5.61. The summed E-state index contributed by atoms with van der Waals surface area (Å²) in [5, 5.41) is 2.94. The SMILES string of the molecule is CCCC(CCN)C(CC)CCN=O. The van der Waals surface area contributed by atoms with Gasteiger partial charge < -0.3 is 5.73 Å². The Balaban J connectivity index is 4.02. The molecule has 0 heterocycles. The summed E-state index contributed by atoms with van der Waals surface area (Å²) in [5.74, 6) is 1.33. The van der Waals surface area contributed by atoms with Gasteiger partial charge in [-0.3, -0.25) is 0 Å². The van der Waals surface area contributed by atoms with Crippen LogP contribution in [0.25, 0.3) is 0 Å². The number of nitroso groups, excluding NO2 is 1. The van der Waals surface area contributed by atoms with E-state index in [1.54, 1.807) is 0 Å². The van der Waals surface area contributed by atoms with E-state index in [0.29, 0.717) is 18.4 Å². The Morgan fingerprint density at radius 3 is 2.29 bits per heavy atom. The number of nitrogens with zero attached hydrogens (tertiary/aromatic N) is 1. The molecule has 2 unspecified atom stereocenters. The van der Waals surface area contributed by atoms with Gasteiger partial charge in [-0.05, 0) is 31.2 Å². The van der Waals surface area contributed by atoms with E-state index in [9.17, 15) is 4.91 Å². The van der Waals surface area contributed by atoms with Crippen LogP contribution >= 0.6 is 0 Å². The zero-order valence-electron chi connectivity index (χ0n) is 9.54. The van der Waals surface area contributed by atoms with E-state index < -0.39 is 0 Å². The molecule has 14 heavy (non-hydrogen) atoms. The van der Waals surface area contributed by atoms with Crippen molar-refractivity contribution >= 4 is 0 Å². The molecule has 0 bridgehead atoms. The lowest BCUT2D eigenvalue weighted by molar-refractivity contribution is 0.274. The summed E-state index contributed by atoms with van der Waals surface area (Å²) < 4.78 is 0. The van der Waals surface area contributed by atoms with Gasteiger partial charge in [0.1, 0.15) is 0 Å². The Labute approximate surface area is 87.4 Å². The predicted molar refractivity (Wildman–Crippen MR) is 61.1 cm³/mol. The van der Waals surface area contributed by atoms with E-state index in [1.807, 2.05) is 0 Å². The van der Waals surface area contributed by atoms with E-state index >= 15 is 0 Å². The summed E-state index contributed by atoms with van der Waals surface area (Å²) in [7, 11) is 0. The van der Waals surface area contributed by atoms with Crippen LogP contribution in [0.5, 0.6) is 0 Å². The van der Waals surface area contributed by atoms with Crippen molar-refractivity contribution in [1.82, 2.24) is 0 Å². The van der Waals surface area contributed by atoms with Crippen molar-refractivity contribution in [3.63, 3.8) is 0 Å². The lowest BCUT2D eigenvalue weighted by Crippen LogP contribution is -2.19. The molecule has 0 radical (unpaired) electrons.